The highest BCUT2D eigenvalue weighted by Crippen LogP contribution is 2.57. The number of carbonyl (C=O) groups excluding carboxylic acids is 1. The van der Waals surface area contributed by atoms with Gasteiger partial charge in [-0.1, -0.05) is 24.3 Å². The second-order valence-corrected chi connectivity index (χ2v) is 7.66. The van der Waals surface area contributed by atoms with E-state index in [-0.39, 0.29) is 11.5 Å². The lowest BCUT2D eigenvalue weighted by atomic mass is 9.77. The Bertz CT molecular complexity index is 1410. The number of aromatic hydroxyl groups is 2. The summed E-state index contributed by atoms with van der Waals surface area (Å²) in [7, 11) is 0. The van der Waals surface area contributed by atoms with Crippen LogP contribution in [-0.4, -0.2) is 16.2 Å². The third-order valence-electron chi connectivity index (χ3n) is 5.72. The first kappa shape index (κ1) is 18.3. The quantitative estimate of drug-likeness (QED) is 0.416. The molecule has 1 atom stereocenters. The summed E-state index contributed by atoms with van der Waals surface area (Å²) in [6, 6.07) is 23.7. The standard InChI is InChI=1S/C26H16O6/c27-15-4-3-5-17(12-15)30-18-9-11-22-24(14-18)31-23-13-16(28)8-10-21(23)26(22)20-7-2-1-6-19(20)25(29)32-26/h1-14,27-28H. The molecule has 1 unspecified atom stereocenters. The van der Waals surface area contributed by atoms with Gasteiger partial charge in [-0.25, -0.2) is 4.79 Å². The van der Waals surface area contributed by atoms with Gasteiger partial charge in [0.1, 0.15) is 34.5 Å². The van der Waals surface area contributed by atoms with Gasteiger partial charge in [-0.05, 0) is 42.5 Å². The van der Waals surface area contributed by atoms with Crippen molar-refractivity contribution in [2.24, 2.45) is 0 Å². The Morgan fingerprint density at radius 3 is 2.25 bits per heavy atom. The third kappa shape index (κ3) is 2.56. The molecule has 0 fully saturated rings. The Morgan fingerprint density at radius 1 is 0.688 bits per heavy atom. The zero-order chi connectivity index (χ0) is 21.9. The summed E-state index contributed by atoms with van der Waals surface area (Å²) in [5.74, 6) is 1.47. The van der Waals surface area contributed by atoms with Crippen LogP contribution >= 0.6 is 0 Å². The van der Waals surface area contributed by atoms with Crippen LogP contribution in [0.4, 0.5) is 0 Å². The molecule has 0 bridgehead atoms. The van der Waals surface area contributed by atoms with Gasteiger partial charge in [0.2, 0.25) is 0 Å². The summed E-state index contributed by atoms with van der Waals surface area (Å²) < 4.78 is 18.1. The SMILES string of the molecule is O=C1OC2(c3ccc(O)cc3Oc3cc(Oc4cccc(O)c4)ccc32)c2ccccc21. The molecule has 0 saturated heterocycles. The van der Waals surface area contributed by atoms with Crippen LogP contribution in [0.1, 0.15) is 27.0 Å². The Hall–Kier alpha value is -4.45. The molecule has 2 aliphatic heterocycles. The van der Waals surface area contributed by atoms with Gasteiger partial charge in [-0.15, -0.1) is 0 Å². The average molecular weight is 424 g/mol. The maximum Gasteiger partial charge on any atom is 0.340 e. The van der Waals surface area contributed by atoms with Crippen molar-refractivity contribution in [3.8, 4) is 34.5 Å². The van der Waals surface area contributed by atoms with Crippen molar-refractivity contribution >= 4 is 5.97 Å². The molecule has 2 heterocycles. The maximum absolute atomic E-state index is 12.8. The van der Waals surface area contributed by atoms with E-state index in [1.807, 2.05) is 12.1 Å². The molecule has 32 heavy (non-hydrogen) atoms. The first-order chi connectivity index (χ1) is 15.5. The van der Waals surface area contributed by atoms with E-state index in [1.165, 1.54) is 12.1 Å². The number of fused-ring (bicyclic) bond motifs is 6. The van der Waals surface area contributed by atoms with Gasteiger partial charge in [0.15, 0.2) is 5.60 Å². The van der Waals surface area contributed by atoms with Gasteiger partial charge < -0.3 is 24.4 Å². The molecule has 0 radical (unpaired) electrons. The van der Waals surface area contributed by atoms with Crippen LogP contribution < -0.4 is 9.47 Å². The number of rotatable bonds is 2. The average Bonchev–Trinajstić information content (AvgIpc) is 3.07. The normalized spacial score (nSPS) is 17.7. The van der Waals surface area contributed by atoms with Crippen LogP contribution in [0.2, 0.25) is 0 Å². The summed E-state index contributed by atoms with van der Waals surface area (Å²) in [6.45, 7) is 0. The molecule has 0 saturated carbocycles. The summed E-state index contributed by atoms with van der Waals surface area (Å²) in [4.78, 5) is 12.8. The van der Waals surface area contributed by atoms with E-state index in [1.54, 1.807) is 60.7 Å². The fourth-order valence-electron chi connectivity index (χ4n) is 4.39. The second kappa shape index (κ2) is 6.52. The Labute approximate surface area is 182 Å². The molecule has 2 N–H and O–H groups in total. The van der Waals surface area contributed by atoms with Crippen molar-refractivity contribution in [1.82, 2.24) is 0 Å². The van der Waals surface area contributed by atoms with Gasteiger partial charge in [-0.3, -0.25) is 0 Å². The molecule has 6 rings (SSSR count). The van der Waals surface area contributed by atoms with Crippen molar-refractivity contribution in [3.63, 3.8) is 0 Å². The predicted molar refractivity (Wildman–Crippen MR) is 115 cm³/mol. The number of phenolic OH excluding ortho intramolecular Hbond substituents is 2. The van der Waals surface area contributed by atoms with Crippen molar-refractivity contribution < 1.29 is 29.2 Å². The zero-order valence-corrected chi connectivity index (χ0v) is 16.6. The number of ether oxygens (including phenoxy) is 3. The fraction of sp³-hybridized carbons (Fsp3) is 0.0385. The molecule has 2 aliphatic rings. The van der Waals surface area contributed by atoms with Crippen LogP contribution in [0.25, 0.3) is 0 Å². The number of phenols is 2. The molecular weight excluding hydrogens is 408 g/mol. The van der Waals surface area contributed by atoms with Gasteiger partial charge >= 0.3 is 5.97 Å². The smallest absolute Gasteiger partial charge is 0.340 e. The van der Waals surface area contributed by atoms with E-state index >= 15 is 0 Å². The summed E-state index contributed by atoms with van der Waals surface area (Å²) >= 11 is 0. The van der Waals surface area contributed by atoms with Crippen LogP contribution in [0.3, 0.4) is 0 Å². The van der Waals surface area contributed by atoms with E-state index in [4.69, 9.17) is 14.2 Å². The minimum atomic E-state index is -1.20. The van der Waals surface area contributed by atoms with Gasteiger partial charge in [-0.2, -0.15) is 0 Å². The summed E-state index contributed by atoms with van der Waals surface area (Å²) in [6.07, 6.45) is 0. The van der Waals surface area contributed by atoms with E-state index in [0.29, 0.717) is 45.3 Å². The van der Waals surface area contributed by atoms with E-state index < -0.39 is 11.6 Å². The highest BCUT2D eigenvalue weighted by atomic mass is 16.6. The molecule has 4 aromatic rings. The number of hydrogen-bond donors (Lipinski definition) is 2. The van der Waals surface area contributed by atoms with Gasteiger partial charge in [0, 0.05) is 34.9 Å². The lowest BCUT2D eigenvalue weighted by molar-refractivity contribution is 0.0224. The Balaban J connectivity index is 1.54. The van der Waals surface area contributed by atoms with Gasteiger partial charge in [0.25, 0.3) is 0 Å². The zero-order valence-electron chi connectivity index (χ0n) is 16.6. The van der Waals surface area contributed by atoms with Crippen molar-refractivity contribution in [2.75, 3.05) is 0 Å². The minimum Gasteiger partial charge on any atom is -0.508 e. The second-order valence-electron chi connectivity index (χ2n) is 7.66. The summed E-state index contributed by atoms with van der Waals surface area (Å²) in [5.41, 5.74) is 1.27. The monoisotopic (exact) mass is 424 g/mol. The predicted octanol–water partition coefficient (Wildman–Crippen LogP) is 5.46. The lowest BCUT2D eigenvalue weighted by Gasteiger charge is -2.36. The highest BCUT2D eigenvalue weighted by molar-refractivity contribution is 5.97. The number of carbonyl (C=O) groups is 1. The third-order valence-corrected chi connectivity index (χ3v) is 5.72. The highest BCUT2D eigenvalue weighted by Gasteiger charge is 2.53. The maximum atomic E-state index is 12.8. The van der Waals surface area contributed by atoms with Crippen molar-refractivity contribution in [2.45, 2.75) is 5.60 Å². The molecule has 156 valence electrons. The summed E-state index contributed by atoms with van der Waals surface area (Å²) in [5, 5.41) is 19.8. The van der Waals surface area contributed by atoms with Crippen molar-refractivity contribution in [1.29, 1.82) is 0 Å². The molecule has 0 aliphatic carbocycles. The Morgan fingerprint density at radius 2 is 1.41 bits per heavy atom. The molecule has 4 aromatic carbocycles. The number of benzene rings is 4. The molecule has 6 heteroatoms. The first-order valence-corrected chi connectivity index (χ1v) is 10.0. The minimum absolute atomic E-state index is 0.0344. The lowest BCUT2D eigenvalue weighted by Crippen LogP contribution is -2.32. The van der Waals surface area contributed by atoms with Crippen LogP contribution in [0.5, 0.6) is 34.5 Å². The van der Waals surface area contributed by atoms with Crippen molar-refractivity contribution in [3.05, 3.63) is 107 Å². The van der Waals surface area contributed by atoms with E-state index in [0.717, 1.165) is 0 Å². The Kier molecular flexibility index (Phi) is 3.74. The van der Waals surface area contributed by atoms with Crippen LogP contribution in [0, 0.1) is 0 Å². The molecule has 0 aromatic heterocycles. The fourth-order valence-corrected chi connectivity index (χ4v) is 4.39. The number of esters is 1. The van der Waals surface area contributed by atoms with Crippen LogP contribution in [-0.2, 0) is 10.3 Å². The molecule has 1 spiro atoms. The van der Waals surface area contributed by atoms with Crippen LogP contribution in [0.15, 0.2) is 84.9 Å². The first-order valence-electron chi connectivity index (χ1n) is 10.0. The van der Waals surface area contributed by atoms with Gasteiger partial charge in [0.05, 0.1) is 5.56 Å². The topological polar surface area (TPSA) is 85.2 Å². The molecular formula is C26H16O6. The largest absolute Gasteiger partial charge is 0.508 e. The molecule has 6 nitrogen and oxygen atoms in total. The number of hydrogen-bond acceptors (Lipinski definition) is 6. The van der Waals surface area contributed by atoms with E-state index in [2.05, 4.69) is 0 Å². The molecule has 0 amide bonds. The van der Waals surface area contributed by atoms with E-state index in [9.17, 15) is 15.0 Å².